The molecule has 0 aromatic carbocycles. The van der Waals surface area contributed by atoms with E-state index in [0.29, 0.717) is 19.3 Å². The van der Waals surface area contributed by atoms with Gasteiger partial charge in [0.15, 0.2) is 6.10 Å². The molecule has 0 saturated carbocycles. The van der Waals surface area contributed by atoms with Gasteiger partial charge in [-0.1, -0.05) is 282 Å². The number of hydrogen-bond acceptors (Lipinski definition) is 6. The first-order chi connectivity index (χ1) is 39.5. The molecular formula is C74H120O6. The molecule has 80 heavy (non-hydrogen) atoms. The highest BCUT2D eigenvalue weighted by atomic mass is 16.6. The first kappa shape index (κ1) is 75.3. The van der Waals surface area contributed by atoms with E-state index >= 15 is 0 Å². The Balaban J connectivity index is 4.32. The minimum absolute atomic E-state index is 0.108. The molecule has 1 atom stereocenters. The standard InChI is InChI=1S/C74H120O6/c1-4-7-10-13-16-19-22-25-27-29-31-32-33-34-35-36-37-38-39-40-41-42-43-45-46-49-52-55-58-61-64-67-73(76)79-70-71(69-78-72(75)66-63-60-57-54-51-48-24-21-18-15-12-9-6-3)80-74(77)68-65-62-59-56-53-50-47-44-30-28-26-23-20-17-14-11-8-5-2/h7,9-10,12,16,18-21,23,25,27-28,30-32,34-35,37-38,48,51,57,60,71H,4-6,8,11,13-15,17,22,24,26,29,33,36,39-47,49-50,52-56,58-59,61-70H2,1-3H3/b10-7-,12-9-,19-16-,21-18-,23-20-,27-25-,30-28-,32-31-,35-34-,38-37-,51-48-,60-57-. The van der Waals surface area contributed by atoms with Crippen LogP contribution in [-0.4, -0.2) is 37.2 Å². The van der Waals surface area contributed by atoms with Crippen molar-refractivity contribution in [3.63, 3.8) is 0 Å². The molecule has 0 bridgehead atoms. The van der Waals surface area contributed by atoms with Crippen molar-refractivity contribution < 1.29 is 28.6 Å². The van der Waals surface area contributed by atoms with Crippen molar-refractivity contribution in [3.05, 3.63) is 146 Å². The number of esters is 3. The molecule has 0 saturated heterocycles. The van der Waals surface area contributed by atoms with Crippen LogP contribution in [0.25, 0.3) is 0 Å². The Morgan fingerprint density at radius 2 is 0.512 bits per heavy atom. The summed E-state index contributed by atoms with van der Waals surface area (Å²) in [4.78, 5) is 38.3. The SMILES string of the molecule is CC/C=C\C/C=C\C/C=C\C/C=C\C/C=C\C/C=C\CCCCCCCCCCCCCCC(=O)OCC(COC(=O)CC/C=C\C/C=C\C/C=C\C/C=C\CC)OC(=O)CCCCCCCCC/C=C\C/C=C\CCCCCC. The second-order valence-electron chi connectivity index (χ2n) is 21.3. The van der Waals surface area contributed by atoms with Gasteiger partial charge >= 0.3 is 17.9 Å². The van der Waals surface area contributed by atoms with Gasteiger partial charge in [-0.25, -0.2) is 0 Å². The predicted octanol–water partition coefficient (Wildman–Crippen LogP) is 22.7. The number of carbonyl (C=O) groups excluding carboxylic acids is 3. The van der Waals surface area contributed by atoms with Crippen LogP contribution in [0.3, 0.4) is 0 Å². The van der Waals surface area contributed by atoms with Crippen molar-refractivity contribution in [1.82, 2.24) is 0 Å². The van der Waals surface area contributed by atoms with Crippen LogP contribution in [0, 0.1) is 0 Å². The van der Waals surface area contributed by atoms with Crippen LogP contribution in [0.1, 0.15) is 284 Å². The lowest BCUT2D eigenvalue weighted by Gasteiger charge is -2.18. The van der Waals surface area contributed by atoms with Crippen LogP contribution in [0.5, 0.6) is 0 Å². The minimum Gasteiger partial charge on any atom is -0.462 e. The Labute approximate surface area is 493 Å². The van der Waals surface area contributed by atoms with E-state index in [4.69, 9.17) is 14.2 Å². The van der Waals surface area contributed by atoms with E-state index in [1.165, 1.54) is 122 Å². The molecule has 0 aromatic rings. The first-order valence-electron chi connectivity index (χ1n) is 32.8. The van der Waals surface area contributed by atoms with Gasteiger partial charge < -0.3 is 14.2 Å². The zero-order valence-electron chi connectivity index (χ0n) is 51.8. The molecule has 1 unspecified atom stereocenters. The summed E-state index contributed by atoms with van der Waals surface area (Å²) in [5.41, 5.74) is 0. The topological polar surface area (TPSA) is 78.9 Å². The number of rotatable bonds is 58. The third kappa shape index (κ3) is 64.1. The van der Waals surface area contributed by atoms with Crippen molar-refractivity contribution in [1.29, 1.82) is 0 Å². The highest BCUT2D eigenvalue weighted by molar-refractivity contribution is 5.71. The summed E-state index contributed by atoms with van der Waals surface area (Å²) in [6.07, 6.45) is 95.9. The largest absolute Gasteiger partial charge is 0.462 e. The smallest absolute Gasteiger partial charge is 0.306 e. The number of hydrogen-bond donors (Lipinski definition) is 0. The molecule has 0 aliphatic carbocycles. The minimum atomic E-state index is -0.818. The molecule has 6 heteroatoms. The lowest BCUT2D eigenvalue weighted by Crippen LogP contribution is -2.30. The van der Waals surface area contributed by atoms with Crippen LogP contribution in [0.15, 0.2) is 146 Å². The number of unbranched alkanes of at least 4 members (excludes halogenated alkanes) is 23. The Kier molecular flexibility index (Phi) is 62.9. The van der Waals surface area contributed by atoms with Crippen molar-refractivity contribution in [2.24, 2.45) is 0 Å². The maximum absolute atomic E-state index is 12.9. The molecule has 0 aromatic heterocycles. The summed E-state index contributed by atoms with van der Waals surface area (Å²) >= 11 is 0. The lowest BCUT2D eigenvalue weighted by molar-refractivity contribution is -0.166. The van der Waals surface area contributed by atoms with Crippen LogP contribution in [0.2, 0.25) is 0 Å². The third-order valence-corrected chi connectivity index (χ3v) is 13.6. The van der Waals surface area contributed by atoms with Gasteiger partial charge in [0, 0.05) is 19.3 Å². The fourth-order valence-corrected chi connectivity index (χ4v) is 8.73. The predicted molar refractivity (Wildman–Crippen MR) is 348 cm³/mol. The summed E-state index contributed by atoms with van der Waals surface area (Å²) in [6, 6.07) is 0. The maximum atomic E-state index is 12.9. The van der Waals surface area contributed by atoms with Crippen LogP contribution in [0.4, 0.5) is 0 Å². The number of allylic oxidation sites excluding steroid dienone is 24. The molecule has 0 amide bonds. The molecule has 0 aliphatic heterocycles. The molecule has 6 nitrogen and oxygen atoms in total. The van der Waals surface area contributed by atoms with Gasteiger partial charge in [0.05, 0.1) is 0 Å². The van der Waals surface area contributed by atoms with E-state index in [9.17, 15) is 14.4 Å². The van der Waals surface area contributed by atoms with Crippen molar-refractivity contribution >= 4 is 17.9 Å². The normalized spacial score (nSPS) is 13.1. The van der Waals surface area contributed by atoms with E-state index in [2.05, 4.69) is 161 Å². The highest BCUT2D eigenvalue weighted by Gasteiger charge is 2.19. The first-order valence-corrected chi connectivity index (χ1v) is 32.8. The third-order valence-electron chi connectivity index (χ3n) is 13.6. The zero-order valence-corrected chi connectivity index (χ0v) is 51.8. The van der Waals surface area contributed by atoms with Gasteiger partial charge in [-0.15, -0.1) is 0 Å². The van der Waals surface area contributed by atoms with Gasteiger partial charge in [0.25, 0.3) is 0 Å². The molecular weight excluding hydrogens is 985 g/mol. The second kappa shape index (κ2) is 66.8. The fourth-order valence-electron chi connectivity index (χ4n) is 8.73. The Morgan fingerprint density at radius 3 is 0.838 bits per heavy atom. The summed E-state index contributed by atoms with van der Waals surface area (Å²) in [6.45, 7) is 6.33. The highest BCUT2D eigenvalue weighted by Crippen LogP contribution is 2.15. The Morgan fingerprint density at radius 1 is 0.263 bits per heavy atom. The van der Waals surface area contributed by atoms with E-state index in [-0.39, 0.29) is 37.5 Å². The van der Waals surface area contributed by atoms with Gasteiger partial charge in [-0.2, -0.15) is 0 Å². The Bertz CT molecular complexity index is 1750. The quantitative estimate of drug-likeness (QED) is 0.0261. The van der Waals surface area contributed by atoms with Crippen molar-refractivity contribution in [2.75, 3.05) is 13.2 Å². The molecule has 0 aliphatic rings. The van der Waals surface area contributed by atoms with Crippen LogP contribution >= 0.6 is 0 Å². The fraction of sp³-hybridized carbons (Fsp3) is 0.635. The zero-order chi connectivity index (χ0) is 57.8. The van der Waals surface area contributed by atoms with Crippen LogP contribution < -0.4 is 0 Å². The maximum Gasteiger partial charge on any atom is 0.306 e. The monoisotopic (exact) mass is 1100 g/mol. The molecule has 0 N–H and O–H groups in total. The summed E-state index contributed by atoms with van der Waals surface area (Å²) in [7, 11) is 0. The summed E-state index contributed by atoms with van der Waals surface area (Å²) < 4.78 is 16.8. The molecule has 0 spiro atoms. The van der Waals surface area contributed by atoms with Crippen LogP contribution in [-0.2, 0) is 28.6 Å². The lowest BCUT2D eigenvalue weighted by atomic mass is 10.0. The van der Waals surface area contributed by atoms with Gasteiger partial charge in [-0.05, 0) is 128 Å². The molecule has 0 radical (unpaired) electrons. The van der Waals surface area contributed by atoms with E-state index < -0.39 is 6.10 Å². The number of ether oxygens (including phenoxy) is 3. The van der Waals surface area contributed by atoms with Crippen molar-refractivity contribution in [3.8, 4) is 0 Å². The molecule has 452 valence electrons. The van der Waals surface area contributed by atoms with Crippen molar-refractivity contribution in [2.45, 2.75) is 290 Å². The van der Waals surface area contributed by atoms with Gasteiger partial charge in [0.1, 0.15) is 13.2 Å². The van der Waals surface area contributed by atoms with E-state index in [0.717, 1.165) is 116 Å². The Hall–Kier alpha value is -4.71. The molecule has 0 rings (SSSR count). The van der Waals surface area contributed by atoms with Gasteiger partial charge in [0.2, 0.25) is 0 Å². The van der Waals surface area contributed by atoms with Gasteiger partial charge in [-0.3, -0.25) is 14.4 Å². The summed E-state index contributed by atoms with van der Waals surface area (Å²) in [5.74, 6) is -1.00. The van der Waals surface area contributed by atoms with E-state index in [1.807, 2.05) is 6.08 Å². The summed E-state index contributed by atoms with van der Waals surface area (Å²) in [5, 5.41) is 0. The molecule has 0 heterocycles. The molecule has 0 fully saturated rings. The number of carbonyl (C=O) groups is 3. The average Bonchev–Trinajstić information content (AvgIpc) is 3.46. The average molecular weight is 1110 g/mol. The van der Waals surface area contributed by atoms with E-state index in [1.54, 1.807) is 0 Å². The second-order valence-corrected chi connectivity index (χ2v) is 21.3.